The lowest BCUT2D eigenvalue weighted by Crippen LogP contribution is -2.75. The number of hydrogen-bond acceptors (Lipinski definition) is 3. The summed E-state index contributed by atoms with van der Waals surface area (Å²) in [4.78, 5) is 0.264. The second-order valence-corrected chi connectivity index (χ2v) is 9.65. The average molecular weight is 375 g/mol. The Morgan fingerprint density at radius 2 is 1.71 bits per heavy atom. The molecule has 1 saturated carbocycles. The van der Waals surface area contributed by atoms with E-state index in [2.05, 4.69) is 20.7 Å². The third kappa shape index (κ3) is 2.67. The molecule has 1 fully saturated rings. The first-order valence-electron chi connectivity index (χ1n) is 6.95. The lowest BCUT2D eigenvalue weighted by atomic mass is 9.49. The monoisotopic (exact) mass is 374 g/mol. The molecule has 1 aliphatic carbocycles. The topological polar surface area (TPSA) is 72.2 Å². The zero-order valence-electron chi connectivity index (χ0n) is 13.1. The lowest BCUT2D eigenvalue weighted by molar-refractivity contribution is -0.0593. The van der Waals surface area contributed by atoms with Crippen LogP contribution in [0.1, 0.15) is 33.3 Å². The number of sulfonamides is 1. The Balaban J connectivity index is 2.34. The van der Waals surface area contributed by atoms with Gasteiger partial charge in [0.25, 0.3) is 0 Å². The summed E-state index contributed by atoms with van der Waals surface area (Å²) in [5.41, 5.74) is 6.65. The number of halogens is 1. The minimum absolute atomic E-state index is 0.0424. The summed E-state index contributed by atoms with van der Waals surface area (Å²) in [6, 6.07) is 4.98. The van der Waals surface area contributed by atoms with Gasteiger partial charge in [-0.25, -0.2) is 13.1 Å². The number of hydrogen-bond donors (Lipinski definition) is 2. The lowest BCUT2D eigenvalue weighted by Gasteiger charge is -2.62. The van der Waals surface area contributed by atoms with Crippen LogP contribution >= 0.6 is 15.9 Å². The van der Waals surface area contributed by atoms with E-state index in [0.717, 1.165) is 5.56 Å². The maximum atomic E-state index is 12.7. The highest BCUT2D eigenvalue weighted by Crippen LogP contribution is 2.53. The Bertz CT molecular complexity index is 652. The molecule has 0 saturated heterocycles. The van der Waals surface area contributed by atoms with Crippen LogP contribution in [0.5, 0.6) is 0 Å². The highest BCUT2D eigenvalue weighted by molar-refractivity contribution is 9.10. The summed E-state index contributed by atoms with van der Waals surface area (Å²) in [6.07, 6.45) is 0. The van der Waals surface area contributed by atoms with Crippen LogP contribution < -0.4 is 10.5 Å². The standard InChI is InChI=1S/C15H23BrN2O2S/c1-9-6-7-11(10(16)8-9)21(19,20)18-13-14(2,3)12(17)15(13,4)5/h6-8,12-13,18H,17H2,1-5H3. The number of benzene rings is 1. The molecule has 0 radical (unpaired) electrons. The van der Waals surface area contributed by atoms with E-state index in [1.54, 1.807) is 18.2 Å². The average Bonchev–Trinajstić information content (AvgIpc) is 2.34. The Labute approximate surface area is 135 Å². The molecule has 0 aromatic heterocycles. The third-order valence-corrected chi connectivity index (χ3v) is 7.14. The summed E-state index contributed by atoms with van der Waals surface area (Å²) in [7, 11) is -3.59. The van der Waals surface area contributed by atoms with Crippen LogP contribution in [0.15, 0.2) is 27.6 Å². The predicted octanol–water partition coefficient (Wildman–Crippen LogP) is 2.80. The molecule has 21 heavy (non-hydrogen) atoms. The van der Waals surface area contributed by atoms with Crippen LogP contribution in [0, 0.1) is 17.8 Å². The molecule has 0 bridgehead atoms. The van der Waals surface area contributed by atoms with E-state index in [9.17, 15) is 8.42 Å². The zero-order valence-corrected chi connectivity index (χ0v) is 15.5. The molecule has 118 valence electrons. The van der Waals surface area contributed by atoms with Gasteiger partial charge in [0.05, 0.1) is 4.90 Å². The summed E-state index contributed by atoms with van der Waals surface area (Å²) in [5.74, 6) is 0. The first kappa shape index (κ1) is 16.9. The molecule has 1 aromatic rings. The van der Waals surface area contributed by atoms with Crippen LogP contribution in [-0.2, 0) is 10.0 Å². The summed E-state index contributed by atoms with van der Waals surface area (Å²) in [5, 5.41) is 0. The van der Waals surface area contributed by atoms with Gasteiger partial charge < -0.3 is 5.73 Å². The number of aryl methyl sites for hydroxylation is 1. The van der Waals surface area contributed by atoms with Crippen LogP contribution in [0.2, 0.25) is 0 Å². The molecular weight excluding hydrogens is 352 g/mol. The quantitative estimate of drug-likeness (QED) is 0.853. The molecule has 6 heteroatoms. The van der Waals surface area contributed by atoms with Crippen molar-refractivity contribution >= 4 is 26.0 Å². The van der Waals surface area contributed by atoms with Crippen molar-refractivity contribution in [2.24, 2.45) is 16.6 Å². The van der Waals surface area contributed by atoms with E-state index in [-0.39, 0.29) is 27.8 Å². The van der Waals surface area contributed by atoms with Crippen LogP contribution in [0.3, 0.4) is 0 Å². The maximum Gasteiger partial charge on any atom is 0.241 e. The van der Waals surface area contributed by atoms with Crippen molar-refractivity contribution in [3.8, 4) is 0 Å². The van der Waals surface area contributed by atoms with E-state index in [0.29, 0.717) is 4.47 Å². The first-order chi connectivity index (χ1) is 9.40. The zero-order chi connectivity index (χ0) is 16.2. The van der Waals surface area contributed by atoms with E-state index in [1.165, 1.54) is 0 Å². The van der Waals surface area contributed by atoms with Gasteiger partial charge in [0, 0.05) is 16.6 Å². The van der Waals surface area contributed by atoms with Crippen molar-refractivity contribution in [2.75, 3.05) is 0 Å². The van der Waals surface area contributed by atoms with Crippen molar-refractivity contribution in [3.05, 3.63) is 28.2 Å². The fourth-order valence-corrected chi connectivity index (χ4v) is 6.27. The fraction of sp³-hybridized carbons (Fsp3) is 0.600. The van der Waals surface area contributed by atoms with Crippen molar-refractivity contribution < 1.29 is 8.42 Å². The minimum Gasteiger partial charge on any atom is -0.327 e. The Morgan fingerprint density at radius 3 is 2.19 bits per heavy atom. The van der Waals surface area contributed by atoms with E-state index in [1.807, 2.05) is 34.6 Å². The van der Waals surface area contributed by atoms with Crippen LogP contribution in [-0.4, -0.2) is 20.5 Å². The molecule has 2 rings (SSSR count). The molecule has 0 atom stereocenters. The molecule has 1 aliphatic rings. The molecule has 0 unspecified atom stereocenters. The SMILES string of the molecule is Cc1ccc(S(=O)(=O)NC2C(C)(C)C(N)C2(C)C)c(Br)c1. The van der Waals surface area contributed by atoms with Gasteiger partial charge >= 0.3 is 0 Å². The highest BCUT2D eigenvalue weighted by Gasteiger charge is 2.61. The van der Waals surface area contributed by atoms with Crippen molar-refractivity contribution in [1.82, 2.24) is 4.72 Å². The van der Waals surface area contributed by atoms with Gasteiger partial charge in [0.2, 0.25) is 10.0 Å². The molecule has 0 aliphatic heterocycles. The minimum atomic E-state index is -3.59. The number of nitrogens with one attached hydrogen (secondary N) is 1. The van der Waals surface area contributed by atoms with Gasteiger partial charge in [-0.1, -0.05) is 33.8 Å². The molecule has 0 heterocycles. The fourth-order valence-electron chi connectivity index (χ4n) is 3.53. The smallest absolute Gasteiger partial charge is 0.241 e. The predicted molar refractivity (Wildman–Crippen MR) is 88.5 cm³/mol. The Hall–Kier alpha value is -0.430. The van der Waals surface area contributed by atoms with Crippen molar-refractivity contribution in [3.63, 3.8) is 0 Å². The van der Waals surface area contributed by atoms with Gasteiger partial charge in [0.15, 0.2) is 0 Å². The molecule has 4 nitrogen and oxygen atoms in total. The van der Waals surface area contributed by atoms with Gasteiger partial charge in [-0.3, -0.25) is 0 Å². The first-order valence-corrected chi connectivity index (χ1v) is 9.22. The van der Waals surface area contributed by atoms with Gasteiger partial charge in [-0.05, 0) is 51.4 Å². The summed E-state index contributed by atoms with van der Waals surface area (Å²) >= 11 is 3.34. The second-order valence-electron chi connectivity index (χ2n) is 7.11. The third-order valence-electron chi connectivity index (χ3n) is 4.74. The molecule has 0 spiro atoms. The maximum absolute atomic E-state index is 12.7. The molecular formula is C15H23BrN2O2S. The van der Waals surface area contributed by atoms with Crippen LogP contribution in [0.4, 0.5) is 0 Å². The second kappa shape index (κ2) is 5.05. The van der Waals surface area contributed by atoms with E-state index >= 15 is 0 Å². The van der Waals surface area contributed by atoms with Crippen molar-refractivity contribution in [1.29, 1.82) is 0 Å². The van der Waals surface area contributed by atoms with E-state index < -0.39 is 10.0 Å². The molecule has 0 amide bonds. The Morgan fingerprint density at radius 1 is 1.19 bits per heavy atom. The highest BCUT2D eigenvalue weighted by atomic mass is 79.9. The normalized spacial score (nSPS) is 27.2. The van der Waals surface area contributed by atoms with E-state index in [4.69, 9.17) is 5.73 Å². The number of nitrogens with two attached hydrogens (primary N) is 1. The summed E-state index contributed by atoms with van der Waals surface area (Å²) in [6.45, 7) is 9.92. The van der Waals surface area contributed by atoms with Gasteiger partial charge in [-0.15, -0.1) is 0 Å². The summed E-state index contributed by atoms with van der Waals surface area (Å²) < 4.78 is 28.8. The number of rotatable bonds is 3. The molecule has 1 aromatic carbocycles. The van der Waals surface area contributed by atoms with Gasteiger partial charge in [-0.2, -0.15) is 0 Å². The largest absolute Gasteiger partial charge is 0.327 e. The van der Waals surface area contributed by atoms with Gasteiger partial charge in [0.1, 0.15) is 0 Å². The Kier molecular flexibility index (Phi) is 4.07. The molecule has 3 N–H and O–H groups in total. The van der Waals surface area contributed by atoms with Crippen LogP contribution in [0.25, 0.3) is 0 Å². The van der Waals surface area contributed by atoms with Crippen molar-refractivity contribution in [2.45, 2.75) is 51.6 Å².